The number of aromatic nitrogens is 2. The van der Waals surface area contributed by atoms with Gasteiger partial charge in [-0.3, -0.25) is 4.79 Å². The van der Waals surface area contributed by atoms with Crippen LogP contribution < -0.4 is 10.3 Å². The Hall–Kier alpha value is -2.47. The second-order valence-electron chi connectivity index (χ2n) is 5.58. The number of benzene rings is 2. The number of ether oxygens (including phenoxy) is 1. The first-order chi connectivity index (χ1) is 11.5. The third-order valence-corrected chi connectivity index (χ3v) is 4.06. The van der Waals surface area contributed by atoms with Gasteiger partial charge in [0.2, 0.25) is 0 Å². The summed E-state index contributed by atoms with van der Waals surface area (Å²) in [5.41, 5.74) is -0.0948. The van der Waals surface area contributed by atoms with E-state index in [1.807, 2.05) is 13.8 Å². The zero-order valence-electron chi connectivity index (χ0n) is 13.2. The molecule has 0 unspecified atom stereocenters. The molecule has 0 aliphatic carbocycles. The number of nitrogens with zero attached hydrogens (tertiary/aromatic N) is 2. The van der Waals surface area contributed by atoms with Gasteiger partial charge in [-0.05, 0) is 44.2 Å². The van der Waals surface area contributed by atoms with Crippen LogP contribution >= 0.6 is 15.9 Å². The number of rotatable bonds is 3. The third kappa shape index (κ3) is 3.10. The molecule has 0 N–H and O–H groups in total. The molecule has 0 amide bonds. The molecule has 0 aliphatic rings. The first-order valence-corrected chi connectivity index (χ1v) is 8.26. The zero-order valence-corrected chi connectivity index (χ0v) is 14.8. The van der Waals surface area contributed by atoms with Crippen LogP contribution in [-0.2, 0) is 0 Å². The van der Waals surface area contributed by atoms with Crippen molar-refractivity contribution in [1.82, 2.24) is 9.78 Å². The minimum Gasteiger partial charge on any atom is -0.422 e. The van der Waals surface area contributed by atoms with Crippen LogP contribution in [0.25, 0.3) is 10.8 Å². The third-order valence-electron chi connectivity index (χ3n) is 3.54. The summed E-state index contributed by atoms with van der Waals surface area (Å²) < 4.78 is 7.59. The molecule has 0 saturated heterocycles. The van der Waals surface area contributed by atoms with Crippen molar-refractivity contribution in [2.75, 3.05) is 0 Å². The smallest absolute Gasteiger partial charge is 0.364 e. The summed E-state index contributed by atoms with van der Waals surface area (Å²) in [4.78, 5) is 25.1. The molecule has 6 heteroatoms. The van der Waals surface area contributed by atoms with Gasteiger partial charge in [0.25, 0.3) is 5.56 Å². The normalized spacial score (nSPS) is 11.0. The van der Waals surface area contributed by atoms with Gasteiger partial charge in [0.05, 0.1) is 11.4 Å². The van der Waals surface area contributed by atoms with Gasteiger partial charge in [0, 0.05) is 9.86 Å². The van der Waals surface area contributed by atoms with Crippen LogP contribution in [0.4, 0.5) is 0 Å². The van der Waals surface area contributed by atoms with Gasteiger partial charge in [-0.2, -0.15) is 5.10 Å². The Kier molecular flexibility index (Phi) is 4.49. The van der Waals surface area contributed by atoms with Crippen LogP contribution in [0, 0.1) is 0 Å². The molecule has 0 atom stereocenters. The molecule has 0 radical (unpaired) electrons. The minimum absolute atomic E-state index is 0.127. The van der Waals surface area contributed by atoms with Gasteiger partial charge in [-0.15, -0.1) is 0 Å². The molecule has 0 aliphatic heterocycles. The van der Waals surface area contributed by atoms with Crippen LogP contribution in [0.15, 0.2) is 57.8 Å². The molecule has 2 aromatic carbocycles. The fourth-order valence-corrected chi connectivity index (χ4v) is 2.63. The van der Waals surface area contributed by atoms with E-state index in [0.717, 1.165) is 4.47 Å². The molecule has 0 saturated carbocycles. The highest BCUT2D eigenvalue weighted by Gasteiger charge is 2.19. The summed E-state index contributed by atoms with van der Waals surface area (Å²) in [5, 5.41) is 5.17. The Bertz CT molecular complexity index is 962. The highest BCUT2D eigenvalue weighted by molar-refractivity contribution is 9.10. The number of carbonyl (C=O) groups excluding carboxylic acids is 1. The SMILES string of the molecule is CC(C)n1nc(C(=O)Oc2ccc(Br)cc2)c2ccccc2c1=O. The van der Waals surface area contributed by atoms with Crippen LogP contribution in [0.3, 0.4) is 0 Å². The fourth-order valence-electron chi connectivity index (χ4n) is 2.37. The molecule has 24 heavy (non-hydrogen) atoms. The largest absolute Gasteiger partial charge is 0.422 e. The van der Waals surface area contributed by atoms with Gasteiger partial charge >= 0.3 is 5.97 Å². The van der Waals surface area contributed by atoms with Crippen LogP contribution in [0.1, 0.15) is 30.4 Å². The number of fused-ring (bicyclic) bond motifs is 1. The lowest BCUT2D eigenvalue weighted by atomic mass is 10.1. The summed E-state index contributed by atoms with van der Waals surface area (Å²) in [6, 6.07) is 13.7. The van der Waals surface area contributed by atoms with Gasteiger partial charge in [0.15, 0.2) is 5.69 Å². The molecule has 3 rings (SSSR count). The zero-order chi connectivity index (χ0) is 17.3. The quantitative estimate of drug-likeness (QED) is 0.504. The molecular formula is C18H15BrN2O3. The Labute approximate surface area is 147 Å². The molecule has 3 aromatic rings. The Morgan fingerprint density at radius 1 is 1.08 bits per heavy atom. The predicted molar refractivity (Wildman–Crippen MR) is 95.5 cm³/mol. The number of hydrogen-bond donors (Lipinski definition) is 0. The number of carbonyl (C=O) groups is 1. The van der Waals surface area contributed by atoms with E-state index in [4.69, 9.17) is 4.74 Å². The van der Waals surface area contributed by atoms with Crippen molar-refractivity contribution in [1.29, 1.82) is 0 Å². The highest BCUT2D eigenvalue weighted by Crippen LogP contribution is 2.20. The van der Waals surface area contributed by atoms with Crippen molar-refractivity contribution < 1.29 is 9.53 Å². The monoisotopic (exact) mass is 386 g/mol. The molecular weight excluding hydrogens is 372 g/mol. The van der Waals surface area contributed by atoms with E-state index in [1.165, 1.54) is 4.68 Å². The second-order valence-corrected chi connectivity index (χ2v) is 6.50. The Morgan fingerprint density at radius 2 is 1.71 bits per heavy atom. The maximum absolute atomic E-state index is 12.6. The van der Waals surface area contributed by atoms with E-state index in [9.17, 15) is 9.59 Å². The minimum atomic E-state index is -0.595. The summed E-state index contributed by atoms with van der Waals surface area (Å²) in [7, 11) is 0. The first kappa shape index (κ1) is 16.4. The molecule has 0 fully saturated rings. The lowest BCUT2D eigenvalue weighted by Gasteiger charge is -2.13. The summed E-state index contributed by atoms with van der Waals surface area (Å²) in [5.74, 6) is -0.181. The Balaban J connectivity index is 2.10. The van der Waals surface area contributed by atoms with Crippen LogP contribution in [-0.4, -0.2) is 15.7 Å². The lowest BCUT2D eigenvalue weighted by molar-refractivity contribution is 0.0727. The maximum Gasteiger partial charge on any atom is 0.364 e. The number of esters is 1. The molecule has 122 valence electrons. The average molecular weight is 387 g/mol. The van der Waals surface area contributed by atoms with Crippen molar-refractivity contribution in [3.63, 3.8) is 0 Å². The van der Waals surface area contributed by atoms with E-state index in [-0.39, 0.29) is 17.3 Å². The van der Waals surface area contributed by atoms with Crippen molar-refractivity contribution in [2.24, 2.45) is 0 Å². The van der Waals surface area contributed by atoms with E-state index in [1.54, 1.807) is 48.5 Å². The van der Waals surface area contributed by atoms with Crippen molar-refractivity contribution in [3.05, 3.63) is 69.1 Å². The average Bonchev–Trinajstić information content (AvgIpc) is 2.57. The summed E-state index contributed by atoms with van der Waals surface area (Å²) >= 11 is 3.33. The predicted octanol–water partition coefficient (Wildman–Crippen LogP) is 3.96. The maximum atomic E-state index is 12.6. The van der Waals surface area contributed by atoms with E-state index in [2.05, 4.69) is 21.0 Å². The number of hydrogen-bond acceptors (Lipinski definition) is 4. The molecule has 0 bridgehead atoms. The summed E-state index contributed by atoms with van der Waals surface area (Å²) in [6.45, 7) is 3.68. The lowest BCUT2D eigenvalue weighted by Crippen LogP contribution is -2.28. The van der Waals surface area contributed by atoms with Crippen molar-refractivity contribution >= 4 is 32.7 Å². The van der Waals surface area contributed by atoms with E-state index >= 15 is 0 Å². The van der Waals surface area contributed by atoms with Crippen molar-refractivity contribution in [2.45, 2.75) is 19.9 Å². The van der Waals surface area contributed by atoms with Gasteiger partial charge in [0.1, 0.15) is 5.75 Å². The topological polar surface area (TPSA) is 61.2 Å². The fraction of sp³-hybridized carbons (Fsp3) is 0.167. The van der Waals surface area contributed by atoms with Gasteiger partial charge in [-0.25, -0.2) is 9.48 Å². The van der Waals surface area contributed by atoms with Crippen molar-refractivity contribution in [3.8, 4) is 5.75 Å². The summed E-state index contributed by atoms with van der Waals surface area (Å²) in [6.07, 6.45) is 0. The molecule has 1 aromatic heterocycles. The van der Waals surface area contributed by atoms with E-state index < -0.39 is 5.97 Å². The molecule has 0 spiro atoms. The van der Waals surface area contributed by atoms with Gasteiger partial charge < -0.3 is 4.74 Å². The number of halogens is 1. The first-order valence-electron chi connectivity index (χ1n) is 7.46. The Morgan fingerprint density at radius 3 is 2.33 bits per heavy atom. The van der Waals surface area contributed by atoms with Crippen LogP contribution in [0.2, 0.25) is 0 Å². The van der Waals surface area contributed by atoms with Gasteiger partial charge in [-0.1, -0.05) is 34.1 Å². The second kappa shape index (κ2) is 6.57. The highest BCUT2D eigenvalue weighted by atomic mass is 79.9. The standard InChI is InChI=1S/C18H15BrN2O3/c1-11(2)21-17(22)15-6-4-3-5-14(15)16(20-21)18(23)24-13-9-7-12(19)8-10-13/h3-11H,1-2H3. The molecule has 1 heterocycles. The molecule has 5 nitrogen and oxygen atoms in total. The van der Waals surface area contributed by atoms with Crippen LogP contribution in [0.5, 0.6) is 5.75 Å². The van der Waals surface area contributed by atoms with E-state index in [0.29, 0.717) is 16.5 Å².